The van der Waals surface area contributed by atoms with E-state index in [1.165, 1.54) is 68.9 Å². The lowest BCUT2D eigenvalue weighted by atomic mass is 9.82. The summed E-state index contributed by atoms with van der Waals surface area (Å²) in [4.78, 5) is 4.17. The van der Waals surface area contributed by atoms with Gasteiger partial charge in [0.05, 0.1) is 0 Å². The number of benzene rings is 1. The van der Waals surface area contributed by atoms with E-state index in [1.807, 2.05) is 11.8 Å². The van der Waals surface area contributed by atoms with Crippen molar-refractivity contribution < 1.29 is 0 Å². The summed E-state index contributed by atoms with van der Waals surface area (Å²) in [5, 5.41) is 3.62. The lowest BCUT2D eigenvalue weighted by Crippen LogP contribution is -2.55. The fourth-order valence-corrected chi connectivity index (χ4v) is 4.74. The summed E-state index contributed by atoms with van der Waals surface area (Å²) in [6.07, 6.45) is 7.27. The average Bonchev–Trinajstić information content (AvgIpc) is 2.57. The molecule has 2 nitrogen and oxygen atoms in total. The molecule has 1 unspecified atom stereocenters. The Hall–Kier alpha value is -0.510. The molecule has 0 bridgehead atoms. The van der Waals surface area contributed by atoms with Crippen molar-refractivity contribution in [2.75, 3.05) is 31.9 Å². The van der Waals surface area contributed by atoms with E-state index in [-0.39, 0.29) is 0 Å². The first-order valence-corrected chi connectivity index (χ1v) is 9.54. The van der Waals surface area contributed by atoms with Gasteiger partial charge >= 0.3 is 0 Å². The van der Waals surface area contributed by atoms with Crippen molar-refractivity contribution in [1.29, 1.82) is 0 Å². The minimum atomic E-state index is 0.787. The number of nitrogens with zero attached hydrogens (tertiary/aromatic N) is 1. The van der Waals surface area contributed by atoms with E-state index in [1.54, 1.807) is 0 Å². The Morgan fingerprint density at radius 3 is 2.71 bits per heavy atom. The summed E-state index contributed by atoms with van der Waals surface area (Å²) >= 11 is 2.00. The molecule has 3 heteroatoms. The van der Waals surface area contributed by atoms with E-state index < -0.39 is 0 Å². The topological polar surface area (TPSA) is 15.3 Å². The average molecular weight is 305 g/mol. The number of thioether (sulfide) groups is 1. The Kier molecular flexibility index (Phi) is 6.02. The third-order valence-corrected chi connectivity index (χ3v) is 5.97. The van der Waals surface area contributed by atoms with Crippen LogP contribution < -0.4 is 5.32 Å². The minimum absolute atomic E-state index is 0.787. The highest BCUT2D eigenvalue weighted by Crippen LogP contribution is 2.30. The van der Waals surface area contributed by atoms with Crippen LogP contribution in [0.3, 0.4) is 0 Å². The van der Waals surface area contributed by atoms with Crippen molar-refractivity contribution in [2.45, 2.75) is 43.0 Å². The normalized spacial score (nSPS) is 25.0. The first-order valence-electron chi connectivity index (χ1n) is 8.56. The molecule has 0 radical (unpaired) electrons. The summed E-state index contributed by atoms with van der Waals surface area (Å²) in [6, 6.07) is 11.6. The molecule has 21 heavy (non-hydrogen) atoms. The standard InChI is InChI=1S/C18H28N2S/c1-3-7-16(8-4-1)18-15-19-11-12-20(18)13-14-21-17-9-5-2-6-10-17/h2,5-6,9-10,16,18-19H,1,3-4,7-8,11-15H2. The van der Waals surface area contributed by atoms with E-state index in [0.29, 0.717) is 0 Å². The summed E-state index contributed by atoms with van der Waals surface area (Å²) in [5.41, 5.74) is 0. The van der Waals surface area contributed by atoms with Gasteiger partial charge in [0.1, 0.15) is 0 Å². The smallest absolute Gasteiger partial charge is 0.0249 e. The molecule has 0 amide bonds. The van der Waals surface area contributed by atoms with Crippen molar-refractivity contribution in [3.63, 3.8) is 0 Å². The fourth-order valence-electron chi connectivity index (χ4n) is 3.83. The summed E-state index contributed by atoms with van der Waals surface area (Å²) in [5.74, 6) is 2.15. The van der Waals surface area contributed by atoms with E-state index >= 15 is 0 Å². The molecular formula is C18H28N2S. The van der Waals surface area contributed by atoms with Gasteiger partial charge in [0, 0.05) is 42.9 Å². The van der Waals surface area contributed by atoms with Crippen molar-refractivity contribution in [3.8, 4) is 0 Å². The van der Waals surface area contributed by atoms with Crippen molar-refractivity contribution >= 4 is 11.8 Å². The monoisotopic (exact) mass is 304 g/mol. The molecule has 116 valence electrons. The number of nitrogens with one attached hydrogen (secondary N) is 1. The Bertz CT molecular complexity index is 403. The summed E-state index contributed by atoms with van der Waals surface area (Å²) in [6.45, 7) is 4.85. The SMILES string of the molecule is c1ccc(SCCN2CCNCC2C2CCCCC2)cc1. The van der Waals surface area contributed by atoms with Gasteiger partial charge in [-0.05, 0) is 30.9 Å². The first kappa shape index (κ1) is 15.4. The van der Waals surface area contributed by atoms with E-state index in [4.69, 9.17) is 0 Å². The molecule has 1 N–H and O–H groups in total. The van der Waals surface area contributed by atoms with Gasteiger partial charge in [-0.1, -0.05) is 37.5 Å². The van der Waals surface area contributed by atoms with Gasteiger partial charge in [-0.3, -0.25) is 4.90 Å². The van der Waals surface area contributed by atoms with Crippen molar-refractivity contribution in [3.05, 3.63) is 30.3 Å². The van der Waals surface area contributed by atoms with Crippen LogP contribution in [0.1, 0.15) is 32.1 Å². The highest BCUT2D eigenvalue weighted by Gasteiger charge is 2.30. The zero-order valence-corrected chi connectivity index (χ0v) is 13.8. The van der Waals surface area contributed by atoms with Gasteiger partial charge in [0.25, 0.3) is 0 Å². The molecule has 1 heterocycles. The van der Waals surface area contributed by atoms with E-state index in [0.717, 1.165) is 12.0 Å². The maximum absolute atomic E-state index is 3.62. The molecule has 1 saturated carbocycles. The molecule has 2 fully saturated rings. The van der Waals surface area contributed by atoms with Crippen molar-refractivity contribution in [2.24, 2.45) is 5.92 Å². The predicted octanol–water partition coefficient (Wildman–Crippen LogP) is 3.63. The first-order chi connectivity index (χ1) is 10.4. The lowest BCUT2D eigenvalue weighted by molar-refractivity contribution is 0.0990. The van der Waals surface area contributed by atoms with Gasteiger partial charge in [0.2, 0.25) is 0 Å². The van der Waals surface area contributed by atoms with Gasteiger partial charge in [-0.25, -0.2) is 0 Å². The number of rotatable bonds is 5. The van der Waals surface area contributed by atoms with Gasteiger partial charge in [-0.2, -0.15) is 0 Å². The third kappa shape index (κ3) is 4.48. The van der Waals surface area contributed by atoms with E-state index in [2.05, 4.69) is 40.5 Å². The van der Waals surface area contributed by atoms with E-state index in [9.17, 15) is 0 Å². The molecule has 1 aliphatic carbocycles. The summed E-state index contributed by atoms with van der Waals surface area (Å²) in [7, 11) is 0. The molecule has 3 rings (SSSR count). The van der Waals surface area contributed by atoms with Crippen LogP contribution in [0, 0.1) is 5.92 Å². The second-order valence-electron chi connectivity index (χ2n) is 6.37. The molecular weight excluding hydrogens is 276 g/mol. The second kappa shape index (κ2) is 8.21. The van der Waals surface area contributed by atoms with Crippen LogP contribution in [0.2, 0.25) is 0 Å². The highest BCUT2D eigenvalue weighted by molar-refractivity contribution is 7.99. The molecule has 0 spiro atoms. The Balaban J connectivity index is 1.49. The van der Waals surface area contributed by atoms with Gasteiger partial charge in [0.15, 0.2) is 0 Å². The summed E-state index contributed by atoms with van der Waals surface area (Å²) < 4.78 is 0. The van der Waals surface area contributed by atoms with Crippen LogP contribution in [0.25, 0.3) is 0 Å². The number of piperazine rings is 1. The molecule has 1 aliphatic heterocycles. The lowest BCUT2D eigenvalue weighted by Gasteiger charge is -2.42. The fraction of sp³-hybridized carbons (Fsp3) is 0.667. The molecule has 2 aliphatic rings. The molecule has 1 aromatic rings. The molecule has 1 aromatic carbocycles. The number of hydrogen-bond acceptors (Lipinski definition) is 3. The minimum Gasteiger partial charge on any atom is -0.314 e. The van der Waals surface area contributed by atoms with Crippen LogP contribution in [-0.4, -0.2) is 42.9 Å². The second-order valence-corrected chi connectivity index (χ2v) is 7.54. The Morgan fingerprint density at radius 1 is 1.10 bits per heavy atom. The quantitative estimate of drug-likeness (QED) is 0.836. The van der Waals surface area contributed by atoms with Gasteiger partial charge < -0.3 is 5.32 Å². The van der Waals surface area contributed by atoms with Crippen LogP contribution >= 0.6 is 11.8 Å². The predicted molar refractivity (Wildman–Crippen MR) is 92.0 cm³/mol. The zero-order valence-electron chi connectivity index (χ0n) is 13.0. The Morgan fingerprint density at radius 2 is 1.90 bits per heavy atom. The maximum atomic E-state index is 3.62. The van der Waals surface area contributed by atoms with Gasteiger partial charge in [-0.15, -0.1) is 11.8 Å². The maximum Gasteiger partial charge on any atom is 0.0249 e. The zero-order chi connectivity index (χ0) is 14.3. The van der Waals surface area contributed by atoms with Crippen LogP contribution in [0.15, 0.2) is 35.2 Å². The largest absolute Gasteiger partial charge is 0.314 e. The van der Waals surface area contributed by atoms with Crippen LogP contribution in [-0.2, 0) is 0 Å². The molecule has 0 aromatic heterocycles. The molecule has 1 atom stereocenters. The molecule has 1 saturated heterocycles. The number of hydrogen-bond donors (Lipinski definition) is 1. The highest BCUT2D eigenvalue weighted by atomic mass is 32.2. The van der Waals surface area contributed by atoms with Crippen molar-refractivity contribution in [1.82, 2.24) is 10.2 Å². The Labute approximate surface area is 133 Å². The van der Waals surface area contributed by atoms with Crippen LogP contribution in [0.5, 0.6) is 0 Å². The third-order valence-electron chi connectivity index (χ3n) is 4.98. The van der Waals surface area contributed by atoms with Crippen LogP contribution in [0.4, 0.5) is 0 Å².